The minimum atomic E-state index is 0.135. The van der Waals surface area contributed by atoms with Gasteiger partial charge < -0.3 is 5.32 Å². The molecule has 2 nitrogen and oxygen atoms in total. The molecule has 0 bridgehead atoms. The van der Waals surface area contributed by atoms with Gasteiger partial charge >= 0.3 is 0 Å². The maximum absolute atomic E-state index is 12.1. The van der Waals surface area contributed by atoms with Crippen molar-refractivity contribution in [2.24, 2.45) is 11.8 Å². The number of rotatable bonds is 3. The van der Waals surface area contributed by atoms with E-state index < -0.39 is 0 Å². The molecule has 0 saturated heterocycles. The molecular formula is C15H21NO. The largest absolute Gasteiger partial charge is 0.326 e. The molecule has 1 amide bonds. The molecule has 0 radical (unpaired) electrons. The number of carbonyl (C=O) groups is 1. The van der Waals surface area contributed by atoms with E-state index in [9.17, 15) is 4.79 Å². The average molecular weight is 231 g/mol. The smallest absolute Gasteiger partial charge is 0.227 e. The third-order valence-corrected chi connectivity index (χ3v) is 3.81. The zero-order valence-electron chi connectivity index (χ0n) is 10.5. The van der Waals surface area contributed by atoms with Gasteiger partial charge in [0.25, 0.3) is 0 Å². The topological polar surface area (TPSA) is 29.1 Å². The number of amides is 1. The summed E-state index contributed by atoms with van der Waals surface area (Å²) in [5.41, 5.74) is 0.903. The Bertz CT molecular complexity index is 354. The Labute approximate surface area is 103 Å². The van der Waals surface area contributed by atoms with Crippen LogP contribution in [0, 0.1) is 11.8 Å². The first-order valence-corrected chi connectivity index (χ1v) is 6.63. The van der Waals surface area contributed by atoms with Gasteiger partial charge in [-0.15, -0.1) is 0 Å². The van der Waals surface area contributed by atoms with Gasteiger partial charge in [0.05, 0.1) is 0 Å². The summed E-state index contributed by atoms with van der Waals surface area (Å²) in [6.45, 7) is 2.06. The molecule has 0 spiro atoms. The molecule has 0 heterocycles. The van der Waals surface area contributed by atoms with Gasteiger partial charge in [0.15, 0.2) is 0 Å². The van der Waals surface area contributed by atoms with Crippen LogP contribution >= 0.6 is 0 Å². The molecule has 1 N–H and O–H groups in total. The third kappa shape index (κ3) is 3.32. The van der Waals surface area contributed by atoms with Gasteiger partial charge in [0.2, 0.25) is 5.91 Å². The van der Waals surface area contributed by atoms with E-state index in [0.717, 1.165) is 5.69 Å². The first-order valence-electron chi connectivity index (χ1n) is 6.63. The number of nitrogens with one attached hydrogen (secondary N) is 1. The molecule has 1 aromatic rings. The number of benzene rings is 1. The lowest BCUT2D eigenvalue weighted by Crippen LogP contribution is -2.28. The van der Waals surface area contributed by atoms with Crippen molar-refractivity contribution in [3.05, 3.63) is 30.3 Å². The summed E-state index contributed by atoms with van der Waals surface area (Å²) in [6.07, 6.45) is 6.33. The maximum Gasteiger partial charge on any atom is 0.227 e. The van der Waals surface area contributed by atoms with Crippen LogP contribution in [-0.2, 0) is 4.79 Å². The Hall–Kier alpha value is -1.31. The van der Waals surface area contributed by atoms with Crippen LogP contribution < -0.4 is 5.32 Å². The molecule has 0 aromatic heterocycles. The van der Waals surface area contributed by atoms with Crippen LogP contribution in [0.4, 0.5) is 5.69 Å². The van der Waals surface area contributed by atoms with Crippen molar-refractivity contribution in [1.82, 2.24) is 0 Å². The monoisotopic (exact) mass is 231 g/mol. The molecule has 0 aliphatic heterocycles. The standard InChI is InChI=1S/C15H21NO/c1-12(13-8-4-2-5-9-13)15(17)16-14-10-6-3-7-11-14/h3,6-7,10-13H,2,4-5,8-9H2,1H3,(H,16,17)/t12-/m1/s1. The van der Waals surface area contributed by atoms with Crippen molar-refractivity contribution in [2.75, 3.05) is 5.32 Å². The van der Waals surface area contributed by atoms with Crippen molar-refractivity contribution in [1.29, 1.82) is 0 Å². The van der Waals surface area contributed by atoms with Crippen molar-refractivity contribution in [3.63, 3.8) is 0 Å². The van der Waals surface area contributed by atoms with Crippen molar-refractivity contribution in [2.45, 2.75) is 39.0 Å². The van der Waals surface area contributed by atoms with Crippen LogP contribution in [0.2, 0.25) is 0 Å². The molecule has 1 atom stereocenters. The molecule has 1 fully saturated rings. The van der Waals surface area contributed by atoms with Gasteiger partial charge in [-0.25, -0.2) is 0 Å². The highest BCUT2D eigenvalue weighted by Crippen LogP contribution is 2.30. The lowest BCUT2D eigenvalue weighted by molar-refractivity contribution is -0.121. The van der Waals surface area contributed by atoms with Crippen molar-refractivity contribution >= 4 is 11.6 Å². The number of carbonyl (C=O) groups excluding carboxylic acids is 1. The zero-order chi connectivity index (χ0) is 12.1. The molecule has 1 aliphatic rings. The van der Waals surface area contributed by atoms with E-state index in [1.165, 1.54) is 32.1 Å². The SMILES string of the molecule is C[C@@H](C(=O)Nc1ccccc1)C1CCCCC1. The molecule has 17 heavy (non-hydrogen) atoms. The van der Waals surface area contributed by atoms with Gasteiger partial charge in [-0.3, -0.25) is 4.79 Å². The Kier molecular flexibility index (Phi) is 4.18. The predicted octanol–water partition coefficient (Wildman–Crippen LogP) is 3.84. The van der Waals surface area contributed by atoms with Crippen LogP contribution in [0.15, 0.2) is 30.3 Å². The number of hydrogen-bond acceptors (Lipinski definition) is 1. The van der Waals surface area contributed by atoms with Crippen LogP contribution in [0.1, 0.15) is 39.0 Å². The van der Waals surface area contributed by atoms with Gasteiger partial charge in [0.1, 0.15) is 0 Å². The van der Waals surface area contributed by atoms with E-state index in [0.29, 0.717) is 5.92 Å². The van der Waals surface area contributed by atoms with E-state index in [4.69, 9.17) is 0 Å². The molecule has 0 unspecified atom stereocenters. The summed E-state index contributed by atoms with van der Waals surface area (Å²) >= 11 is 0. The Morgan fingerprint density at radius 2 is 1.82 bits per heavy atom. The summed E-state index contributed by atoms with van der Waals surface area (Å²) in [4.78, 5) is 12.1. The zero-order valence-corrected chi connectivity index (χ0v) is 10.5. The lowest BCUT2D eigenvalue weighted by Gasteiger charge is -2.26. The van der Waals surface area contributed by atoms with Gasteiger partial charge in [-0.05, 0) is 30.9 Å². The fraction of sp³-hybridized carbons (Fsp3) is 0.533. The highest BCUT2D eigenvalue weighted by atomic mass is 16.1. The Morgan fingerprint density at radius 1 is 1.18 bits per heavy atom. The fourth-order valence-corrected chi connectivity index (χ4v) is 2.63. The minimum absolute atomic E-state index is 0.135. The third-order valence-electron chi connectivity index (χ3n) is 3.81. The highest BCUT2D eigenvalue weighted by Gasteiger charge is 2.25. The van der Waals surface area contributed by atoms with E-state index in [1.54, 1.807) is 0 Å². The molecule has 2 rings (SSSR count). The first-order chi connectivity index (χ1) is 8.27. The van der Waals surface area contributed by atoms with E-state index in [1.807, 2.05) is 30.3 Å². The lowest BCUT2D eigenvalue weighted by atomic mass is 9.80. The Balaban J connectivity index is 1.90. The molecule has 92 valence electrons. The van der Waals surface area contributed by atoms with Gasteiger partial charge in [-0.1, -0.05) is 44.4 Å². The van der Waals surface area contributed by atoms with Crippen LogP contribution in [0.5, 0.6) is 0 Å². The maximum atomic E-state index is 12.1. The van der Waals surface area contributed by atoms with Crippen molar-refractivity contribution in [3.8, 4) is 0 Å². The van der Waals surface area contributed by atoms with Crippen LogP contribution in [0.25, 0.3) is 0 Å². The number of para-hydroxylation sites is 1. The fourth-order valence-electron chi connectivity index (χ4n) is 2.63. The molecule has 1 saturated carbocycles. The first kappa shape index (κ1) is 12.2. The minimum Gasteiger partial charge on any atom is -0.326 e. The highest BCUT2D eigenvalue weighted by molar-refractivity contribution is 5.92. The molecule has 2 heteroatoms. The molecule has 1 aliphatic carbocycles. The molecule has 1 aromatic carbocycles. The summed E-state index contributed by atoms with van der Waals surface area (Å²) in [5, 5.41) is 3.00. The van der Waals surface area contributed by atoms with Crippen LogP contribution in [0.3, 0.4) is 0 Å². The normalized spacial score (nSPS) is 18.6. The predicted molar refractivity (Wildman–Crippen MR) is 70.8 cm³/mol. The summed E-state index contributed by atoms with van der Waals surface area (Å²) in [6, 6.07) is 9.72. The van der Waals surface area contributed by atoms with Gasteiger partial charge in [0, 0.05) is 11.6 Å². The summed E-state index contributed by atoms with van der Waals surface area (Å²) in [7, 11) is 0. The van der Waals surface area contributed by atoms with Gasteiger partial charge in [-0.2, -0.15) is 0 Å². The second-order valence-corrected chi connectivity index (χ2v) is 5.04. The second-order valence-electron chi connectivity index (χ2n) is 5.04. The summed E-state index contributed by atoms with van der Waals surface area (Å²) in [5.74, 6) is 0.881. The number of anilines is 1. The van der Waals surface area contributed by atoms with E-state index in [2.05, 4.69) is 12.2 Å². The summed E-state index contributed by atoms with van der Waals surface area (Å²) < 4.78 is 0. The van der Waals surface area contributed by atoms with E-state index in [-0.39, 0.29) is 11.8 Å². The number of hydrogen-bond donors (Lipinski definition) is 1. The van der Waals surface area contributed by atoms with E-state index >= 15 is 0 Å². The molecular weight excluding hydrogens is 210 g/mol. The van der Waals surface area contributed by atoms with Crippen molar-refractivity contribution < 1.29 is 4.79 Å². The Morgan fingerprint density at radius 3 is 2.47 bits per heavy atom. The quantitative estimate of drug-likeness (QED) is 0.841. The average Bonchev–Trinajstić information content (AvgIpc) is 2.40. The second kappa shape index (κ2) is 5.85. The van der Waals surface area contributed by atoms with Crippen LogP contribution in [-0.4, -0.2) is 5.91 Å².